The van der Waals surface area contributed by atoms with Crippen LogP contribution in [0.1, 0.15) is 31.3 Å². The third-order valence-corrected chi connectivity index (χ3v) is 2.49. The Kier molecular flexibility index (Phi) is 3.31. The molecule has 0 aliphatic rings. The highest BCUT2D eigenvalue weighted by atomic mass is 16.4. The van der Waals surface area contributed by atoms with E-state index < -0.39 is 11.5 Å². The highest BCUT2D eigenvalue weighted by Crippen LogP contribution is 2.17. The summed E-state index contributed by atoms with van der Waals surface area (Å²) in [5.74, 6) is -1.41. The Labute approximate surface area is 93.3 Å². The summed E-state index contributed by atoms with van der Waals surface area (Å²) < 4.78 is 0. The Bertz CT molecular complexity index is 384. The molecular formula is C10H15N3O3. The van der Waals surface area contributed by atoms with Gasteiger partial charge in [-0.05, 0) is 26.8 Å². The van der Waals surface area contributed by atoms with Crippen LogP contribution < -0.4 is 0 Å². The van der Waals surface area contributed by atoms with E-state index in [1.165, 1.54) is 31.0 Å². The second-order valence-corrected chi connectivity index (χ2v) is 3.88. The fraction of sp³-hybridized carbons (Fsp3) is 0.500. The van der Waals surface area contributed by atoms with Gasteiger partial charge in [0.2, 0.25) is 0 Å². The highest BCUT2D eigenvalue weighted by Gasteiger charge is 2.37. The summed E-state index contributed by atoms with van der Waals surface area (Å²) in [6, 6.07) is 1.52. The number of nitrogens with zero attached hydrogens (tertiary/aromatic N) is 2. The van der Waals surface area contributed by atoms with Crippen LogP contribution in [0, 0.1) is 0 Å². The zero-order chi connectivity index (χ0) is 12.3. The van der Waals surface area contributed by atoms with Crippen LogP contribution in [0.3, 0.4) is 0 Å². The van der Waals surface area contributed by atoms with Gasteiger partial charge in [-0.25, -0.2) is 4.79 Å². The van der Waals surface area contributed by atoms with Crippen molar-refractivity contribution in [2.75, 3.05) is 6.54 Å². The van der Waals surface area contributed by atoms with E-state index in [4.69, 9.17) is 5.11 Å². The van der Waals surface area contributed by atoms with Crippen molar-refractivity contribution < 1.29 is 14.7 Å². The third-order valence-electron chi connectivity index (χ3n) is 2.49. The Morgan fingerprint density at radius 1 is 1.56 bits per heavy atom. The first-order valence-electron chi connectivity index (χ1n) is 4.96. The van der Waals surface area contributed by atoms with Gasteiger partial charge in [0.1, 0.15) is 11.2 Å². The number of carboxylic acid groups (broad SMARTS) is 1. The first-order chi connectivity index (χ1) is 7.41. The molecule has 6 heteroatoms. The molecule has 1 aromatic heterocycles. The lowest BCUT2D eigenvalue weighted by Crippen LogP contribution is -2.53. The van der Waals surface area contributed by atoms with Crippen LogP contribution in [0.5, 0.6) is 0 Å². The number of nitrogens with one attached hydrogen (secondary N) is 1. The molecule has 1 rings (SSSR count). The summed E-state index contributed by atoms with van der Waals surface area (Å²) in [6.07, 6.45) is 1.45. The second-order valence-electron chi connectivity index (χ2n) is 3.88. The lowest BCUT2D eigenvalue weighted by Gasteiger charge is -2.33. The van der Waals surface area contributed by atoms with Crippen LogP contribution >= 0.6 is 0 Å². The molecule has 0 unspecified atom stereocenters. The van der Waals surface area contributed by atoms with Crippen molar-refractivity contribution in [3.63, 3.8) is 0 Å². The summed E-state index contributed by atoms with van der Waals surface area (Å²) in [5, 5.41) is 15.3. The van der Waals surface area contributed by atoms with E-state index in [9.17, 15) is 9.59 Å². The molecule has 0 bridgehead atoms. The maximum absolute atomic E-state index is 12.0. The van der Waals surface area contributed by atoms with E-state index >= 15 is 0 Å². The molecular weight excluding hydrogens is 210 g/mol. The van der Waals surface area contributed by atoms with Crippen molar-refractivity contribution in [2.24, 2.45) is 0 Å². The molecule has 1 heterocycles. The van der Waals surface area contributed by atoms with E-state index in [2.05, 4.69) is 10.2 Å². The summed E-state index contributed by atoms with van der Waals surface area (Å²) >= 11 is 0. The van der Waals surface area contributed by atoms with Crippen molar-refractivity contribution in [1.29, 1.82) is 0 Å². The van der Waals surface area contributed by atoms with Gasteiger partial charge in [0.05, 0.1) is 0 Å². The van der Waals surface area contributed by atoms with E-state index in [0.29, 0.717) is 6.54 Å². The lowest BCUT2D eigenvalue weighted by atomic mass is 10.0. The number of rotatable bonds is 4. The standard InChI is InChI=1S/C10H15N3O3/c1-4-13(10(2,3)9(15)16)8(14)7-5-6-11-12-7/h5-6H,4H2,1-3H3,(H,11,12)(H,15,16). The van der Waals surface area contributed by atoms with Gasteiger partial charge in [0.25, 0.3) is 5.91 Å². The molecule has 1 amide bonds. The molecule has 0 spiro atoms. The van der Waals surface area contributed by atoms with Gasteiger partial charge in [0.15, 0.2) is 0 Å². The average Bonchev–Trinajstić information content (AvgIpc) is 2.70. The highest BCUT2D eigenvalue weighted by molar-refractivity contribution is 5.96. The van der Waals surface area contributed by atoms with Crippen molar-refractivity contribution in [3.05, 3.63) is 18.0 Å². The first-order valence-corrected chi connectivity index (χ1v) is 4.96. The second kappa shape index (κ2) is 4.34. The maximum Gasteiger partial charge on any atom is 0.329 e. The minimum Gasteiger partial charge on any atom is -0.480 e. The minimum atomic E-state index is -1.24. The number of amides is 1. The molecule has 6 nitrogen and oxygen atoms in total. The van der Waals surface area contributed by atoms with Gasteiger partial charge in [0, 0.05) is 12.7 Å². The number of hydrogen-bond donors (Lipinski definition) is 2. The number of aromatic amines is 1. The molecule has 88 valence electrons. The zero-order valence-corrected chi connectivity index (χ0v) is 9.52. The van der Waals surface area contributed by atoms with Gasteiger partial charge >= 0.3 is 5.97 Å². The van der Waals surface area contributed by atoms with Crippen molar-refractivity contribution in [2.45, 2.75) is 26.3 Å². The Balaban J connectivity index is 3.00. The van der Waals surface area contributed by atoms with E-state index in [1.54, 1.807) is 6.92 Å². The number of hydrogen-bond acceptors (Lipinski definition) is 3. The van der Waals surface area contributed by atoms with Crippen LogP contribution in [0.4, 0.5) is 0 Å². The molecule has 0 saturated heterocycles. The van der Waals surface area contributed by atoms with Crippen molar-refractivity contribution in [3.8, 4) is 0 Å². The molecule has 0 saturated carbocycles. The monoisotopic (exact) mass is 225 g/mol. The van der Waals surface area contributed by atoms with Gasteiger partial charge in [-0.3, -0.25) is 9.89 Å². The van der Waals surface area contributed by atoms with Crippen LogP contribution in [-0.4, -0.2) is 44.2 Å². The molecule has 0 aliphatic heterocycles. The predicted molar refractivity (Wildman–Crippen MR) is 57.0 cm³/mol. The first kappa shape index (κ1) is 12.2. The average molecular weight is 225 g/mol. The normalized spacial score (nSPS) is 11.2. The van der Waals surface area contributed by atoms with Crippen LogP contribution in [-0.2, 0) is 4.79 Å². The maximum atomic E-state index is 12.0. The van der Waals surface area contributed by atoms with Gasteiger partial charge in [-0.15, -0.1) is 0 Å². The molecule has 0 fully saturated rings. The molecule has 0 atom stereocenters. The minimum absolute atomic E-state index is 0.288. The lowest BCUT2D eigenvalue weighted by molar-refractivity contribution is -0.147. The zero-order valence-electron chi connectivity index (χ0n) is 9.52. The molecule has 16 heavy (non-hydrogen) atoms. The van der Waals surface area contributed by atoms with E-state index in [-0.39, 0.29) is 11.6 Å². The number of aromatic nitrogens is 2. The fourth-order valence-corrected chi connectivity index (χ4v) is 1.43. The SMILES string of the molecule is CCN(C(=O)c1ccn[nH]1)C(C)(C)C(=O)O. The third kappa shape index (κ3) is 2.05. The quantitative estimate of drug-likeness (QED) is 0.791. The molecule has 0 aromatic carbocycles. The van der Waals surface area contributed by atoms with Gasteiger partial charge in [-0.2, -0.15) is 5.10 Å². The van der Waals surface area contributed by atoms with Gasteiger partial charge in [-0.1, -0.05) is 0 Å². The number of carbonyl (C=O) groups is 2. The predicted octanol–water partition coefficient (Wildman–Crippen LogP) is 0.735. The Hall–Kier alpha value is -1.85. The molecule has 0 radical (unpaired) electrons. The largest absolute Gasteiger partial charge is 0.480 e. The number of carboxylic acids is 1. The Morgan fingerprint density at radius 3 is 2.56 bits per heavy atom. The van der Waals surface area contributed by atoms with Gasteiger partial charge < -0.3 is 10.0 Å². The fourth-order valence-electron chi connectivity index (χ4n) is 1.43. The van der Waals surface area contributed by atoms with Crippen molar-refractivity contribution >= 4 is 11.9 Å². The summed E-state index contributed by atoms with van der Waals surface area (Å²) in [6.45, 7) is 5.04. The number of likely N-dealkylation sites (N-methyl/N-ethyl adjacent to an activating group) is 1. The van der Waals surface area contributed by atoms with Crippen molar-refractivity contribution in [1.82, 2.24) is 15.1 Å². The number of aliphatic carboxylic acids is 1. The summed E-state index contributed by atoms with van der Waals surface area (Å²) in [7, 11) is 0. The van der Waals surface area contributed by atoms with Crippen LogP contribution in [0.25, 0.3) is 0 Å². The topological polar surface area (TPSA) is 86.3 Å². The Morgan fingerprint density at radius 2 is 2.19 bits per heavy atom. The molecule has 0 aliphatic carbocycles. The molecule has 2 N–H and O–H groups in total. The van der Waals surface area contributed by atoms with E-state index in [1.807, 2.05) is 0 Å². The summed E-state index contributed by atoms with van der Waals surface area (Å²) in [4.78, 5) is 24.3. The van der Waals surface area contributed by atoms with Crippen LogP contribution in [0.2, 0.25) is 0 Å². The summed E-state index contributed by atoms with van der Waals surface area (Å²) in [5.41, 5.74) is -0.951. The number of H-pyrrole nitrogens is 1. The molecule has 1 aromatic rings. The number of carbonyl (C=O) groups excluding carboxylic acids is 1. The van der Waals surface area contributed by atoms with Crippen LogP contribution in [0.15, 0.2) is 12.3 Å². The smallest absolute Gasteiger partial charge is 0.329 e. The van der Waals surface area contributed by atoms with E-state index in [0.717, 1.165) is 0 Å².